The Morgan fingerprint density at radius 3 is 2.00 bits per heavy atom. The lowest BCUT2D eigenvalue weighted by Crippen LogP contribution is -2.33. The summed E-state index contributed by atoms with van der Waals surface area (Å²) in [6, 6.07) is 2.69. The predicted molar refractivity (Wildman–Crippen MR) is 78.1 cm³/mol. The normalized spacial score (nSPS) is 29.3. The van der Waals surface area contributed by atoms with Gasteiger partial charge in [0.2, 0.25) is 0 Å². The van der Waals surface area contributed by atoms with Crippen LogP contribution >= 0.6 is 0 Å². The lowest BCUT2D eigenvalue weighted by molar-refractivity contribution is 0.103. The van der Waals surface area contributed by atoms with Gasteiger partial charge in [0.05, 0.1) is 11.5 Å². The quantitative estimate of drug-likeness (QED) is 0.640. The summed E-state index contributed by atoms with van der Waals surface area (Å²) < 4.78 is 0. The van der Waals surface area contributed by atoms with E-state index in [1.165, 1.54) is 25.7 Å². The maximum absolute atomic E-state index is 9.62. The Morgan fingerprint density at radius 2 is 1.67 bits per heavy atom. The molecule has 1 aliphatic carbocycles. The highest BCUT2D eigenvalue weighted by atomic mass is 14.5. The minimum atomic E-state index is -0.00155. The Kier molecular flexibility index (Phi) is 5.26. The first-order chi connectivity index (χ1) is 8.37. The van der Waals surface area contributed by atoms with Crippen molar-refractivity contribution < 1.29 is 0 Å². The largest absolute Gasteiger partial charge is 0.198 e. The van der Waals surface area contributed by atoms with E-state index in [9.17, 15) is 5.26 Å². The Morgan fingerprint density at radius 1 is 1.17 bits per heavy atom. The molecule has 0 unspecified atom stereocenters. The Balaban J connectivity index is 2.63. The fourth-order valence-corrected chi connectivity index (χ4v) is 3.53. The average Bonchev–Trinajstić information content (AvgIpc) is 2.35. The lowest BCUT2D eigenvalue weighted by Gasteiger charge is -2.41. The van der Waals surface area contributed by atoms with Gasteiger partial charge in [-0.2, -0.15) is 5.26 Å². The summed E-state index contributed by atoms with van der Waals surface area (Å²) in [5.74, 6) is 1.55. The predicted octanol–water partition coefficient (Wildman–Crippen LogP) is 5.56. The molecule has 1 fully saturated rings. The van der Waals surface area contributed by atoms with E-state index in [0.29, 0.717) is 5.41 Å². The molecular weight excluding hydrogens is 218 g/mol. The second kappa shape index (κ2) is 6.09. The number of rotatable bonds is 4. The first-order valence-corrected chi connectivity index (χ1v) is 7.78. The summed E-state index contributed by atoms with van der Waals surface area (Å²) >= 11 is 0. The van der Waals surface area contributed by atoms with Gasteiger partial charge in [0.15, 0.2) is 0 Å². The van der Waals surface area contributed by atoms with E-state index in [1.54, 1.807) is 0 Å². The molecule has 0 spiro atoms. The van der Waals surface area contributed by atoms with Crippen LogP contribution in [0.15, 0.2) is 0 Å². The highest BCUT2D eigenvalue weighted by Crippen LogP contribution is 2.48. The van der Waals surface area contributed by atoms with Crippen molar-refractivity contribution in [3.63, 3.8) is 0 Å². The maximum Gasteiger partial charge on any atom is 0.0689 e. The SMILES string of the molecule is CCC(CC)CC1(C#N)CCC(C(C)(C)C)CC1. The smallest absolute Gasteiger partial charge is 0.0689 e. The van der Waals surface area contributed by atoms with Gasteiger partial charge < -0.3 is 0 Å². The fourth-order valence-electron chi connectivity index (χ4n) is 3.53. The summed E-state index contributed by atoms with van der Waals surface area (Å²) in [7, 11) is 0. The first kappa shape index (κ1) is 15.5. The minimum Gasteiger partial charge on any atom is -0.198 e. The van der Waals surface area contributed by atoms with Crippen LogP contribution in [0.5, 0.6) is 0 Å². The van der Waals surface area contributed by atoms with Gasteiger partial charge in [-0.05, 0) is 49.4 Å². The topological polar surface area (TPSA) is 23.8 Å². The van der Waals surface area contributed by atoms with E-state index in [-0.39, 0.29) is 5.41 Å². The van der Waals surface area contributed by atoms with Crippen LogP contribution in [0.25, 0.3) is 0 Å². The number of hydrogen-bond donors (Lipinski definition) is 0. The first-order valence-electron chi connectivity index (χ1n) is 7.78. The van der Waals surface area contributed by atoms with Crippen molar-refractivity contribution >= 4 is 0 Å². The second-order valence-corrected chi connectivity index (χ2v) is 7.42. The van der Waals surface area contributed by atoms with E-state index in [2.05, 4.69) is 40.7 Å². The molecule has 0 heterocycles. The van der Waals surface area contributed by atoms with Crippen molar-refractivity contribution in [3.05, 3.63) is 0 Å². The Labute approximate surface area is 114 Å². The Bertz CT molecular complexity index is 280. The zero-order valence-electron chi connectivity index (χ0n) is 13.1. The molecule has 1 saturated carbocycles. The van der Waals surface area contributed by atoms with Crippen LogP contribution in [-0.2, 0) is 0 Å². The van der Waals surface area contributed by atoms with Crippen LogP contribution in [0.3, 0.4) is 0 Å². The van der Waals surface area contributed by atoms with Crippen molar-refractivity contribution in [2.45, 2.75) is 79.6 Å². The molecule has 0 atom stereocenters. The molecule has 0 bridgehead atoms. The molecule has 0 amide bonds. The van der Waals surface area contributed by atoms with Crippen LogP contribution in [-0.4, -0.2) is 0 Å². The van der Waals surface area contributed by atoms with Gasteiger partial charge in [-0.3, -0.25) is 0 Å². The van der Waals surface area contributed by atoms with E-state index < -0.39 is 0 Å². The molecule has 0 aliphatic heterocycles. The second-order valence-electron chi connectivity index (χ2n) is 7.42. The van der Waals surface area contributed by atoms with Crippen LogP contribution in [0.1, 0.15) is 79.6 Å². The molecule has 0 aromatic rings. The van der Waals surface area contributed by atoms with Gasteiger partial charge in [-0.1, -0.05) is 47.5 Å². The molecule has 1 rings (SSSR count). The van der Waals surface area contributed by atoms with Crippen molar-refractivity contribution in [1.29, 1.82) is 5.26 Å². The monoisotopic (exact) mass is 249 g/mol. The molecule has 0 aromatic carbocycles. The van der Waals surface area contributed by atoms with E-state index in [0.717, 1.165) is 31.1 Å². The van der Waals surface area contributed by atoms with Crippen LogP contribution in [0, 0.1) is 34.0 Å². The van der Waals surface area contributed by atoms with Crippen molar-refractivity contribution in [2.75, 3.05) is 0 Å². The number of nitrogens with zero attached hydrogens (tertiary/aromatic N) is 1. The van der Waals surface area contributed by atoms with E-state index in [4.69, 9.17) is 0 Å². The molecule has 18 heavy (non-hydrogen) atoms. The zero-order valence-corrected chi connectivity index (χ0v) is 13.1. The molecular formula is C17H31N. The number of nitriles is 1. The maximum atomic E-state index is 9.62. The van der Waals surface area contributed by atoms with Gasteiger partial charge in [0.25, 0.3) is 0 Å². The minimum absolute atomic E-state index is 0.00155. The van der Waals surface area contributed by atoms with Crippen molar-refractivity contribution in [1.82, 2.24) is 0 Å². The molecule has 0 saturated heterocycles. The van der Waals surface area contributed by atoms with Gasteiger partial charge in [-0.25, -0.2) is 0 Å². The molecule has 1 aliphatic rings. The van der Waals surface area contributed by atoms with Crippen LogP contribution < -0.4 is 0 Å². The summed E-state index contributed by atoms with van der Waals surface area (Å²) in [4.78, 5) is 0. The lowest BCUT2D eigenvalue weighted by atomic mass is 9.62. The Hall–Kier alpha value is -0.510. The van der Waals surface area contributed by atoms with Crippen LogP contribution in [0.2, 0.25) is 0 Å². The third-order valence-corrected chi connectivity index (χ3v) is 5.24. The molecule has 104 valence electrons. The third kappa shape index (κ3) is 3.74. The van der Waals surface area contributed by atoms with Crippen molar-refractivity contribution in [2.24, 2.45) is 22.7 Å². The highest BCUT2D eigenvalue weighted by Gasteiger charge is 2.39. The molecule has 0 radical (unpaired) electrons. The van der Waals surface area contributed by atoms with E-state index >= 15 is 0 Å². The van der Waals surface area contributed by atoms with Crippen molar-refractivity contribution in [3.8, 4) is 6.07 Å². The highest BCUT2D eigenvalue weighted by molar-refractivity contribution is 5.03. The van der Waals surface area contributed by atoms with Crippen LogP contribution in [0.4, 0.5) is 0 Å². The number of hydrogen-bond acceptors (Lipinski definition) is 1. The summed E-state index contributed by atoms with van der Waals surface area (Å²) in [6.07, 6.45) is 8.33. The van der Waals surface area contributed by atoms with Gasteiger partial charge in [-0.15, -0.1) is 0 Å². The summed E-state index contributed by atoms with van der Waals surface area (Å²) in [5, 5.41) is 9.62. The third-order valence-electron chi connectivity index (χ3n) is 5.24. The fraction of sp³-hybridized carbons (Fsp3) is 0.941. The molecule has 0 aromatic heterocycles. The summed E-state index contributed by atoms with van der Waals surface area (Å²) in [6.45, 7) is 11.6. The van der Waals surface area contributed by atoms with E-state index in [1.807, 2.05) is 0 Å². The van der Waals surface area contributed by atoms with Gasteiger partial charge >= 0.3 is 0 Å². The molecule has 1 nitrogen and oxygen atoms in total. The average molecular weight is 249 g/mol. The summed E-state index contributed by atoms with van der Waals surface area (Å²) in [5.41, 5.74) is 0.412. The standard InChI is InChI=1S/C17H31N/c1-6-14(7-2)12-17(13-18)10-8-15(9-11-17)16(3,4)5/h14-15H,6-12H2,1-5H3. The zero-order chi connectivity index (χ0) is 13.8. The van der Waals surface area contributed by atoms with Gasteiger partial charge in [0.1, 0.15) is 0 Å². The molecule has 0 N–H and O–H groups in total. The van der Waals surface area contributed by atoms with Gasteiger partial charge in [0, 0.05) is 0 Å². The molecule has 1 heteroatoms.